The van der Waals surface area contributed by atoms with Gasteiger partial charge in [-0.2, -0.15) is 0 Å². The second-order valence-corrected chi connectivity index (χ2v) is 7.42. The van der Waals surface area contributed by atoms with Crippen LogP contribution in [0.2, 0.25) is 10.0 Å². The molecule has 9 heteroatoms. The number of amides is 3. The van der Waals surface area contributed by atoms with Crippen LogP contribution in [0, 0.1) is 0 Å². The number of benzene rings is 1. The molecular formula is C16H13Cl2N3O3S. The van der Waals surface area contributed by atoms with Crippen molar-refractivity contribution in [3.05, 3.63) is 44.9 Å². The third kappa shape index (κ3) is 4.36. The Morgan fingerprint density at radius 1 is 1.24 bits per heavy atom. The molecule has 1 saturated heterocycles. The lowest BCUT2D eigenvalue weighted by molar-refractivity contribution is -0.141. The van der Waals surface area contributed by atoms with Gasteiger partial charge in [0, 0.05) is 40.4 Å². The summed E-state index contributed by atoms with van der Waals surface area (Å²) in [4.78, 5) is 41.1. The highest BCUT2D eigenvalue weighted by Crippen LogP contribution is 2.27. The molecule has 1 aromatic carbocycles. The molecule has 130 valence electrons. The average Bonchev–Trinajstić information content (AvgIpc) is 3.12. The van der Waals surface area contributed by atoms with Crippen molar-refractivity contribution >= 4 is 57.4 Å². The molecule has 0 aliphatic carbocycles. The van der Waals surface area contributed by atoms with Gasteiger partial charge in [0.25, 0.3) is 0 Å². The fraction of sp³-hybridized carbons (Fsp3) is 0.250. The van der Waals surface area contributed by atoms with Gasteiger partial charge in [-0.25, -0.2) is 4.98 Å². The van der Waals surface area contributed by atoms with Gasteiger partial charge in [-0.3, -0.25) is 19.3 Å². The molecular weight excluding hydrogens is 385 g/mol. The van der Waals surface area contributed by atoms with Crippen LogP contribution in [-0.2, 0) is 20.8 Å². The number of rotatable bonds is 5. The predicted molar refractivity (Wildman–Crippen MR) is 96.0 cm³/mol. The monoisotopic (exact) mass is 397 g/mol. The highest BCUT2D eigenvalue weighted by Gasteiger charge is 2.30. The van der Waals surface area contributed by atoms with Crippen molar-refractivity contribution in [1.29, 1.82) is 0 Å². The molecule has 1 aliphatic heterocycles. The lowest BCUT2D eigenvalue weighted by atomic mass is 10.1. The lowest BCUT2D eigenvalue weighted by Crippen LogP contribution is -2.36. The second kappa shape index (κ2) is 7.51. The number of aromatic nitrogens is 1. The number of likely N-dealkylation sites (tertiary alicyclic amines) is 1. The lowest BCUT2D eigenvalue weighted by Gasteiger charge is -2.12. The number of hydrogen-bond donors (Lipinski definition) is 1. The summed E-state index contributed by atoms with van der Waals surface area (Å²) in [6.45, 7) is -0.285. The number of nitrogens with one attached hydrogen (secondary N) is 1. The van der Waals surface area contributed by atoms with Crippen LogP contribution in [0.3, 0.4) is 0 Å². The first kappa shape index (κ1) is 17.8. The molecule has 0 atom stereocenters. The van der Waals surface area contributed by atoms with Gasteiger partial charge in [-0.15, -0.1) is 11.3 Å². The molecule has 3 rings (SSSR count). The first-order valence-electron chi connectivity index (χ1n) is 7.44. The van der Waals surface area contributed by atoms with Crippen molar-refractivity contribution in [2.45, 2.75) is 19.3 Å². The van der Waals surface area contributed by atoms with Crippen LogP contribution in [0.4, 0.5) is 5.13 Å². The Bertz CT molecular complexity index is 837. The van der Waals surface area contributed by atoms with Crippen LogP contribution >= 0.6 is 34.5 Å². The zero-order valence-corrected chi connectivity index (χ0v) is 15.2. The van der Waals surface area contributed by atoms with Gasteiger partial charge in [0.15, 0.2) is 5.13 Å². The number of anilines is 1. The Kier molecular flexibility index (Phi) is 5.36. The van der Waals surface area contributed by atoms with Gasteiger partial charge in [-0.05, 0) is 23.8 Å². The molecule has 2 aromatic rings. The van der Waals surface area contributed by atoms with Gasteiger partial charge in [0.2, 0.25) is 17.7 Å². The molecule has 3 amide bonds. The third-order valence-corrected chi connectivity index (χ3v) is 5.15. The van der Waals surface area contributed by atoms with E-state index in [9.17, 15) is 14.4 Å². The molecule has 1 N–H and O–H groups in total. The van der Waals surface area contributed by atoms with E-state index in [1.54, 1.807) is 24.4 Å². The van der Waals surface area contributed by atoms with Crippen LogP contribution in [0.15, 0.2) is 24.4 Å². The molecule has 1 fully saturated rings. The topological polar surface area (TPSA) is 79.4 Å². The van der Waals surface area contributed by atoms with Crippen molar-refractivity contribution < 1.29 is 14.4 Å². The van der Waals surface area contributed by atoms with E-state index < -0.39 is 5.91 Å². The van der Waals surface area contributed by atoms with E-state index in [1.165, 1.54) is 11.3 Å². The van der Waals surface area contributed by atoms with Crippen LogP contribution in [-0.4, -0.2) is 34.2 Å². The molecule has 0 spiro atoms. The van der Waals surface area contributed by atoms with Gasteiger partial charge in [-0.1, -0.05) is 23.2 Å². The van der Waals surface area contributed by atoms with Crippen LogP contribution in [0.1, 0.15) is 23.3 Å². The van der Waals surface area contributed by atoms with Crippen molar-refractivity contribution in [2.24, 2.45) is 0 Å². The molecule has 0 unspecified atom stereocenters. The summed E-state index contributed by atoms with van der Waals surface area (Å²) >= 11 is 13.4. The van der Waals surface area contributed by atoms with Crippen LogP contribution in [0.5, 0.6) is 0 Å². The Hall–Kier alpha value is -1.96. The molecule has 1 aliphatic rings. The quantitative estimate of drug-likeness (QED) is 0.785. The first-order valence-corrected chi connectivity index (χ1v) is 9.01. The Morgan fingerprint density at radius 2 is 1.96 bits per heavy atom. The standard InChI is InChI=1S/C16H13Cl2N3O3S/c17-10-1-2-12(18)9(5-10)6-11-7-19-16(25-11)20-13(22)8-21-14(23)3-4-15(21)24/h1-2,5,7H,3-4,6,8H2,(H,19,20,22). The normalized spacial score (nSPS) is 14.2. The first-order chi connectivity index (χ1) is 11.9. The summed E-state index contributed by atoms with van der Waals surface area (Å²) in [5.74, 6) is -1.10. The number of nitrogens with zero attached hydrogens (tertiary/aromatic N) is 2. The van der Waals surface area contributed by atoms with Gasteiger partial charge in [0.05, 0.1) is 0 Å². The van der Waals surface area contributed by atoms with E-state index in [1.807, 2.05) is 0 Å². The maximum absolute atomic E-state index is 12.0. The van der Waals surface area contributed by atoms with E-state index in [0.717, 1.165) is 15.3 Å². The van der Waals surface area contributed by atoms with Gasteiger partial charge in [0.1, 0.15) is 6.54 Å². The molecule has 0 radical (unpaired) electrons. The maximum Gasteiger partial charge on any atom is 0.246 e. The van der Waals surface area contributed by atoms with Crippen molar-refractivity contribution in [3.8, 4) is 0 Å². The van der Waals surface area contributed by atoms with Crippen molar-refractivity contribution in [3.63, 3.8) is 0 Å². The molecule has 25 heavy (non-hydrogen) atoms. The fourth-order valence-electron chi connectivity index (χ4n) is 2.42. The van der Waals surface area contributed by atoms with Crippen molar-refractivity contribution in [1.82, 2.24) is 9.88 Å². The zero-order valence-electron chi connectivity index (χ0n) is 12.9. The average molecular weight is 398 g/mol. The number of hydrogen-bond acceptors (Lipinski definition) is 5. The van der Waals surface area contributed by atoms with E-state index in [2.05, 4.69) is 10.3 Å². The van der Waals surface area contributed by atoms with Gasteiger partial charge >= 0.3 is 0 Å². The van der Waals surface area contributed by atoms with E-state index >= 15 is 0 Å². The minimum Gasteiger partial charge on any atom is -0.300 e. The minimum atomic E-state index is -0.453. The molecule has 0 bridgehead atoms. The largest absolute Gasteiger partial charge is 0.300 e. The highest BCUT2D eigenvalue weighted by atomic mass is 35.5. The van der Waals surface area contributed by atoms with Crippen LogP contribution in [0.25, 0.3) is 0 Å². The van der Waals surface area contributed by atoms with E-state index in [-0.39, 0.29) is 31.2 Å². The Morgan fingerprint density at radius 3 is 2.68 bits per heavy atom. The minimum absolute atomic E-state index is 0.161. The number of thiazole rings is 1. The summed E-state index contributed by atoms with van der Waals surface area (Å²) in [7, 11) is 0. The summed E-state index contributed by atoms with van der Waals surface area (Å²) in [5.41, 5.74) is 0.865. The Labute approximate surface area is 157 Å². The predicted octanol–water partition coefficient (Wildman–Crippen LogP) is 3.13. The Balaban J connectivity index is 1.61. The van der Waals surface area contributed by atoms with Crippen molar-refractivity contribution in [2.75, 3.05) is 11.9 Å². The molecule has 2 heterocycles. The summed E-state index contributed by atoms with van der Waals surface area (Å²) < 4.78 is 0. The summed E-state index contributed by atoms with van der Waals surface area (Å²) in [6, 6.07) is 5.23. The third-order valence-electron chi connectivity index (χ3n) is 3.63. The second-order valence-electron chi connectivity index (χ2n) is 5.47. The number of carbonyl (C=O) groups is 3. The summed E-state index contributed by atoms with van der Waals surface area (Å²) in [6.07, 6.45) is 2.50. The zero-order chi connectivity index (χ0) is 18.0. The van der Waals surface area contributed by atoms with E-state index in [0.29, 0.717) is 21.6 Å². The number of carbonyl (C=O) groups excluding carboxylic acids is 3. The number of imide groups is 1. The fourth-order valence-corrected chi connectivity index (χ4v) is 3.65. The van der Waals surface area contributed by atoms with Gasteiger partial charge < -0.3 is 5.32 Å². The molecule has 6 nitrogen and oxygen atoms in total. The SMILES string of the molecule is O=C(CN1C(=O)CCC1=O)Nc1ncc(Cc2cc(Cl)ccc2Cl)s1. The summed E-state index contributed by atoms with van der Waals surface area (Å²) in [5, 5.41) is 4.21. The van der Waals surface area contributed by atoms with Crippen LogP contribution < -0.4 is 5.32 Å². The van der Waals surface area contributed by atoms with E-state index in [4.69, 9.17) is 23.2 Å². The molecule has 0 saturated carbocycles. The smallest absolute Gasteiger partial charge is 0.246 e. The highest BCUT2D eigenvalue weighted by molar-refractivity contribution is 7.15. The molecule has 1 aromatic heterocycles. The maximum atomic E-state index is 12.0. The number of halogens is 2.